The Bertz CT molecular complexity index is 599. The summed E-state index contributed by atoms with van der Waals surface area (Å²) in [7, 11) is 0. The molecule has 2 aromatic rings. The summed E-state index contributed by atoms with van der Waals surface area (Å²) in [5.74, 6) is -0.553. The third-order valence-corrected chi connectivity index (χ3v) is 2.56. The minimum atomic E-state index is -1.06. The average molecular weight is 309 g/mol. The van der Waals surface area contributed by atoms with Gasteiger partial charge >= 0.3 is 5.97 Å². The van der Waals surface area contributed by atoms with E-state index < -0.39 is 5.97 Å². The van der Waals surface area contributed by atoms with E-state index in [0.717, 1.165) is 21.7 Å². The number of nitrogens with zero attached hydrogens (tertiary/aromatic N) is 2. The van der Waals surface area contributed by atoms with Crippen LogP contribution < -0.4 is 0 Å². The van der Waals surface area contributed by atoms with Gasteiger partial charge in [-0.05, 0) is 30.7 Å². The molecule has 0 bridgehead atoms. The fourth-order valence-corrected chi connectivity index (χ4v) is 2.03. The molecule has 0 spiro atoms. The lowest BCUT2D eigenvalue weighted by atomic mass is 10.1. The van der Waals surface area contributed by atoms with E-state index in [1.54, 1.807) is 0 Å². The Morgan fingerprint density at radius 2 is 2.17 bits per heavy atom. The quantitative estimate of drug-likeness (QED) is 0.882. The second-order valence-electron chi connectivity index (χ2n) is 3.63. The van der Waals surface area contributed by atoms with Gasteiger partial charge in [-0.1, -0.05) is 15.9 Å². The Morgan fingerprint density at radius 1 is 1.39 bits per heavy atom. The number of aryl methyl sites for hydroxylation is 1. The number of benzene rings is 1. The molecular formula is C12H9BrN2O3. The Labute approximate surface area is 111 Å². The highest BCUT2D eigenvalue weighted by Crippen LogP contribution is 2.24. The number of carbonyl (C=O) groups is 1. The number of aromatic nitrogens is 2. The summed E-state index contributed by atoms with van der Waals surface area (Å²) in [4.78, 5) is 10.4. The van der Waals surface area contributed by atoms with Gasteiger partial charge in [0.25, 0.3) is 0 Å². The van der Waals surface area contributed by atoms with Crippen LogP contribution in [0.25, 0.3) is 17.5 Å². The lowest BCUT2D eigenvalue weighted by Crippen LogP contribution is -1.85. The van der Waals surface area contributed by atoms with Crippen LogP contribution in [0.3, 0.4) is 0 Å². The fourth-order valence-electron chi connectivity index (χ4n) is 1.42. The van der Waals surface area contributed by atoms with Crippen molar-refractivity contribution in [3.05, 3.63) is 40.2 Å². The van der Waals surface area contributed by atoms with Crippen LogP contribution in [0.2, 0.25) is 0 Å². The number of carboxylic acids is 1. The van der Waals surface area contributed by atoms with Crippen LogP contribution in [0.15, 0.2) is 33.2 Å². The third kappa shape index (κ3) is 3.04. The van der Waals surface area contributed by atoms with Crippen molar-refractivity contribution < 1.29 is 14.3 Å². The first-order valence-corrected chi connectivity index (χ1v) is 5.86. The first-order valence-electron chi connectivity index (χ1n) is 5.06. The smallest absolute Gasteiger partial charge is 0.328 e. The number of rotatable bonds is 3. The molecule has 2 rings (SSSR count). The molecule has 1 aromatic carbocycles. The summed E-state index contributed by atoms with van der Waals surface area (Å²) in [5, 5.41) is 16.1. The number of halogens is 1. The van der Waals surface area contributed by atoms with Crippen molar-refractivity contribution >= 4 is 28.0 Å². The Morgan fingerprint density at radius 3 is 2.83 bits per heavy atom. The number of aliphatic carboxylic acids is 1. The van der Waals surface area contributed by atoms with Gasteiger partial charge in [0.15, 0.2) is 0 Å². The van der Waals surface area contributed by atoms with Gasteiger partial charge in [0.1, 0.15) is 0 Å². The summed E-state index contributed by atoms with van der Waals surface area (Å²) in [6.45, 7) is 1.95. The van der Waals surface area contributed by atoms with Crippen molar-refractivity contribution in [3.63, 3.8) is 0 Å². The second-order valence-corrected chi connectivity index (χ2v) is 4.55. The van der Waals surface area contributed by atoms with Gasteiger partial charge in [-0.2, -0.15) is 0 Å². The standard InChI is InChI=1S/C12H9BrN2O3/c1-7-4-8(6-9(13)5-7)12-15-14-10(18-12)2-3-11(16)17/h2-6H,1H3,(H,16,17)/b3-2+. The molecule has 0 fully saturated rings. The Kier molecular flexibility index (Phi) is 3.57. The lowest BCUT2D eigenvalue weighted by Gasteiger charge is -1.98. The maximum absolute atomic E-state index is 10.4. The maximum atomic E-state index is 10.4. The van der Waals surface area contributed by atoms with Gasteiger partial charge in [0.05, 0.1) is 0 Å². The van der Waals surface area contributed by atoms with Gasteiger partial charge in [-0.25, -0.2) is 4.79 Å². The first-order chi connectivity index (χ1) is 8.54. The van der Waals surface area contributed by atoms with E-state index in [4.69, 9.17) is 9.52 Å². The Balaban J connectivity index is 2.32. The normalized spacial score (nSPS) is 11.0. The summed E-state index contributed by atoms with van der Waals surface area (Å²) >= 11 is 3.39. The molecular weight excluding hydrogens is 300 g/mol. The molecule has 0 atom stereocenters. The van der Waals surface area contributed by atoms with Crippen LogP contribution >= 0.6 is 15.9 Å². The highest BCUT2D eigenvalue weighted by atomic mass is 79.9. The highest BCUT2D eigenvalue weighted by molar-refractivity contribution is 9.10. The van der Waals surface area contributed by atoms with E-state index in [2.05, 4.69) is 26.1 Å². The molecule has 1 N–H and O–H groups in total. The van der Waals surface area contributed by atoms with Gasteiger partial charge in [-0.3, -0.25) is 0 Å². The SMILES string of the molecule is Cc1cc(Br)cc(-c2nnc(/C=C/C(=O)O)o2)c1. The largest absolute Gasteiger partial charge is 0.478 e. The van der Waals surface area contributed by atoms with Gasteiger partial charge in [-0.15, -0.1) is 10.2 Å². The average Bonchev–Trinajstić information content (AvgIpc) is 2.73. The summed E-state index contributed by atoms with van der Waals surface area (Å²) < 4.78 is 6.25. The first kappa shape index (κ1) is 12.5. The van der Waals surface area contributed by atoms with E-state index in [9.17, 15) is 4.79 Å². The van der Waals surface area contributed by atoms with E-state index in [1.807, 2.05) is 25.1 Å². The fraction of sp³-hybridized carbons (Fsp3) is 0.0833. The molecule has 6 heteroatoms. The summed E-state index contributed by atoms with van der Waals surface area (Å²) in [6, 6.07) is 5.72. The molecule has 0 aliphatic carbocycles. The monoisotopic (exact) mass is 308 g/mol. The molecule has 0 amide bonds. The van der Waals surface area contributed by atoms with Crippen molar-refractivity contribution in [1.82, 2.24) is 10.2 Å². The molecule has 0 unspecified atom stereocenters. The van der Waals surface area contributed by atoms with E-state index in [1.165, 1.54) is 6.08 Å². The van der Waals surface area contributed by atoms with E-state index in [-0.39, 0.29) is 5.89 Å². The van der Waals surface area contributed by atoms with Crippen molar-refractivity contribution in [1.29, 1.82) is 0 Å². The Hall–Kier alpha value is -1.95. The number of carboxylic acid groups (broad SMARTS) is 1. The summed E-state index contributed by atoms with van der Waals surface area (Å²) in [6.07, 6.45) is 2.20. The zero-order valence-electron chi connectivity index (χ0n) is 9.42. The molecule has 0 saturated carbocycles. The topological polar surface area (TPSA) is 76.2 Å². The maximum Gasteiger partial charge on any atom is 0.328 e. The zero-order chi connectivity index (χ0) is 13.1. The molecule has 0 radical (unpaired) electrons. The predicted molar refractivity (Wildman–Crippen MR) is 68.8 cm³/mol. The van der Waals surface area contributed by atoms with Gasteiger partial charge < -0.3 is 9.52 Å². The zero-order valence-corrected chi connectivity index (χ0v) is 11.0. The third-order valence-electron chi connectivity index (χ3n) is 2.10. The van der Waals surface area contributed by atoms with Crippen molar-refractivity contribution in [2.75, 3.05) is 0 Å². The highest BCUT2D eigenvalue weighted by Gasteiger charge is 2.08. The van der Waals surface area contributed by atoms with Crippen LogP contribution in [0.5, 0.6) is 0 Å². The van der Waals surface area contributed by atoms with Crippen LogP contribution in [-0.2, 0) is 4.79 Å². The molecule has 1 aromatic heterocycles. The van der Waals surface area contributed by atoms with Gasteiger partial charge in [0, 0.05) is 22.2 Å². The molecule has 5 nitrogen and oxygen atoms in total. The molecule has 1 heterocycles. The molecule has 92 valence electrons. The van der Waals surface area contributed by atoms with Crippen molar-refractivity contribution in [2.45, 2.75) is 6.92 Å². The lowest BCUT2D eigenvalue weighted by molar-refractivity contribution is -0.131. The van der Waals surface area contributed by atoms with Crippen LogP contribution in [0, 0.1) is 6.92 Å². The molecule has 18 heavy (non-hydrogen) atoms. The molecule has 0 aliphatic rings. The van der Waals surface area contributed by atoms with E-state index in [0.29, 0.717) is 5.89 Å². The minimum Gasteiger partial charge on any atom is -0.478 e. The molecule has 0 saturated heterocycles. The summed E-state index contributed by atoms with van der Waals surface area (Å²) in [5.41, 5.74) is 1.84. The molecule has 0 aliphatic heterocycles. The van der Waals surface area contributed by atoms with E-state index >= 15 is 0 Å². The number of hydrogen-bond acceptors (Lipinski definition) is 4. The van der Waals surface area contributed by atoms with Gasteiger partial charge in [0.2, 0.25) is 11.8 Å². The second kappa shape index (κ2) is 5.14. The van der Waals surface area contributed by atoms with Crippen molar-refractivity contribution in [3.8, 4) is 11.5 Å². The van der Waals surface area contributed by atoms with Crippen LogP contribution in [-0.4, -0.2) is 21.3 Å². The van der Waals surface area contributed by atoms with Crippen LogP contribution in [0.4, 0.5) is 0 Å². The number of hydrogen-bond donors (Lipinski definition) is 1. The minimum absolute atomic E-state index is 0.157. The van der Waals surface area contributed by atoms with Crippen molar-refractivity contribution in [2.24, 2.45) is 0 Å². The van der Waals surface area contributed by atoms with Crippen LogP contribution in [0.1, 0.15) is 11.5 Å². The predicted octanol–water partition coefficient (Wildman–Crippen LogP) is 2.91.